The molecule has 2 rings (SSSR count). The van der Waals surface area contributed by atoms with Crippen molar-refractivity contribution in [1.29, 1.82) is 0 Å². The van der Waals surface area contributed by atoms with Crippen molar-refractivity contribution in [2.24, 2.45) is 5.92 Å². The van der Waals surface area contributed by atoms with Crippen LogP contribution in [-0.2, 0) is 11.3 Å². The number of nitrogens with zero attached hydrogens (tertiary/aromatic N) is 1. The average molecular weight is 277 g/mol. The average Bonchev–Trinajstić information content (AvgIpc) is 2.46. The zero-order chi connectivity index (χ0) is 14.5. The molecule has 1 aliphatic heterocycles. The highest BCUT2D eigenvalue weighted by molar-refractivity contribution is 5.79. The van der Waals surface area contributed by atoms with E-state index in [1.165, 1.54) is 6.07 Å². The topological polar surface area (TPSA) is 84.3 Å². The van der Waals surface area contributed by atoms with Gasteiger partial charge in [0.2, 0.25) is 5.91 Å². The minimum Gasteiger partial charge on any atom is -0.352 e. The van der Waals surface area contributed by atoms with Crippen molar-refractivity contribution in [2.75, 3.05) is 13.1 Å². The number of rotatable bonds is 4. The van der Waals surface area contributed by atoms with E-state index in [-0.39, 0.29) is 17.5 Å². The summed E-state index contributed by atoms with van der Waals surface area (Å²) in [6, 6.07) is 4.93. The smallest absolute Gasteiger partial charge is 0.272 e. The number of piperidine rings is 1. The van der Waals surface area contributed by atoms with Crippen molar-refractivity contribution in [2.45, 2.75) is 26.3 Å². The number of hydrogen-bond donors (Lipinski definition) is 2. The molecule has 0 aromatic heterocycles. The van der Waals surface area contributed by atoms with E-state index in [0.29, 0.717) is 18.7 Å². The van der Waals surface area contributed by atoms with Crippen LogP contribution in [0.5, 0.6) is 0 Å². The van der Waals surface area contributed by atoms with Crippen LogP contribution in [0.4, 0.5) is 5.69 Å². The molecule has 0 bridgehead atoms. The van der Waals surface area contributed by atoms with Crippen LogP contribution in [0.25, 0.3) is 0 Å². The first-order valence-electron chi connectivity index (χ1n) is 6.81. The molecule has 6 nitrogen and oxygen atoms in total. The van der Waals surface area contributed by atoms with Crippen LogP contribution in [0.15, 0.2) is 18.2 Å². The standard InChI is InChI=1S/C14H19N3O3/c1-10-11(4-2-6-13(10)17(19)20)9-16-14(18)12-5-3-7-15-8-12/h2,4,6,12,15H,3,5,7-9H2,1H3,(H,16,18)/t12-/m0/s1. The molecule has 0 saturated carbocycles. The predicted octanol–water partition coefficient (Wildman–Crippen LogP) is 1.52. The molecule has 1 aromatic carbocycles. The second kappa shape index (κ2) is 6.47. The molecule has 6 heteroatoms. The molecule has 1 saturated heterocycles. The number of nitro groups is 1. The first-order chi connectivity index (χ1) is 9.59. The van der Waals surface area contributed by atoms with E-state index < -0.39 is 4.92 Å². The van der Waals surface area contributed by atoms with Crippen molar-refractivity contribution >= 4 is 11.6 Å². The number of carbonyl (C=O) groups excluding carboxylic acids is 1. The monoisotopic (exact) mass is 277 g/mol. The predicted molar refractivity (Wildman–Crippen MR) is 75.3 cm³/mol. The highest BCUT2D eigenvalue weighted by Crippen LogP contribution is 2.21. The Hall–Kier alpha value is -1.95. The Labute approximate surface area is 117 Å². The summed E-state index contributed by atoms with van der Waals surface area (Å²) in [5.74, 6) is 0.0193. The van der Waals surface area contributed by atoms with Crippen molar-refractivity contribution in [3.05, 3.63) is 39.4 Å². The Morgan fingerprint density at radius 1 is 1.55 bits per heavy atom. The number of nitro benzene ring substituents is 1. The molecule has 0 aliphatic carbocycles. The molecular weight excluding hydrogens is 258 g/mol. The van der Waals surface area contributed by atoms with Gasteiger partial charge in [-0.1, -0.05) is 12.1 Å². The SMILES string of the molecule is Cc1c(CNC(=O)[C@H]2CCCNC2)cccc1[N+](=O)[O-]. The lowest BCUT2D eigenvalue weighted by Gasteiger charge is -2.22. The quantitative estimate of drug-likeness (QED) is 0.645. The Morgan fingerprint density at radius 2 is 2.35 bits per heavy atom. The van der Waals surface area contributed by atoms with Crippen LogP contribution in [0.1, 0.15) is 24.0 Å². The Balaban J connectivity index is 1.98. The van der Waals surface area contributed by atoms with Gasteiger partial charge in [0.25, 0.3) is 5.69 Å². The lowest BCUT2D eigenvalue weighted by atomic mass is 9.98. The highest BCUT2D eigenvalue weighted by Gasteiger charge is 2.21. The summed E-state index contributed by atoms with van der Waals surface area (Å²) in [4.78, 5) is 22.5. The van der Waals surface area contributed by atoms with Crippen molar-refractivity contribution in [3.63, 3.8) is 0 Å². The summed E-state index contributed by atoms with van der Waals surface area (Å²) in [6.45, 7) is 3.72. The number of benzene rings is 1. The third-order valence-electron chi connectivity index (χ3n) is 3.73. The van der Waals surface area contributed by atoms with Crippen LogP contribution in [0.2, 0.25) is 0 Å². The van der Waals surface area contributed by atoms with E-state index in [1.807, 2.05) is 6.07 Å². The van der Waals surface area contributed by atoms with Gasteiger partial charge in [0.15, 0.2) is 0 Å². The zero-order valence-corrected chi connectivity index (χ0v) is 11.5. The fraction of sp³-hybridized carbons (Fsp3) is 0.500. The molecule has 1 fully saturated rings. The maximum absolute atomic E-state index is 12.0. The number of hydrogen-bond acceptors (Lipinski definition) is 4. The summed E-state index contributed by atoms with van der Waals surface area (Å²) in [5.41, 5.74) is 1.49. The van der Waals surface area contributed by atoms with Gasteiger partial charge in [0, 0.05) is 24.7 Å². The molecular formula is C14H19N3O3. The normalized spacial score (nSPS) is 18.6. The minimum absolute atomic E-state index is 0.00255. The molecule has 0 unspecified atom stereocenters. The largest absolute Gasteiger partial charge is 0.352 e. The fourth-order valence-electron chi connectivity index (χ4n) is 2.46. The fourth-order valence-corrected chi connectivity index (χ4v) is 2.46. The van der Waals surface area contributed by atoms with Gasteiger partial charge >= 0.3 is 0 Å². The van der Waals surface area contributed by atoms with Crippen LogP contribution in [-0.4, -0.2) is 23.9 Å². The second-order valence-corrected chi connectivity index (χ2v) is 5.08. The van der Waals surface area contributed by atoms with Gasteiger partial charge in [-0.3, -0.25) is 14.9 Å². The van der Waals surface area contributed by atoms with Crippen molar-refractivity contribution < 1.29 is 9.72 Å². The highest BCUT2D eigenvalue weighted by atomic mass is 16.6. The second-order valence-electron chi connectivity index (χ2n) is 5.08. The summed E-state index contributed by atoms with van der Waals surface area (Å²) < 4.78 is 0. The van der Waals surface area contributed by atoms with Crippen molar-refractivity contribution in [3.8, 4) is 0 Å². The van der Waals surface area contributed by atoms with Gasteiger partial charge in [0.1, 0.15) is 0 Å². The number of amides is 1. The number of nitrogens with one attached hydrogen (secondary N) is 2. The molecule has 1 amide bonds. The van der Waals surface area contributed by atoms with Crippen LogP contribution >= 0.6 is 0 Å². The van der Waals surface area contributed by atoms with E-state index in [1.54, 1.807) is 13.0 Å². The van der Waals surface area contributed by atoms with Gasteiger partial charge < -0.3 is 10.6 Å². The third-order valence-corrected chi connectivity index (χ3v) is 3.73. The first-order valence-corrected chi connectivity index (χ1v) is 6.81. The summed E-state index contributed by atoms with van der Waals surface area (Å²) in [5, 5.41) is 16.9. The molecule has 20 heavy (non-hydrogen) atoms. The van der Waals surface area contributed by atoms with Crippen LogP contribution in [0, 0.1) is 23.0 Å². The molecule has 108 valence electrons. The Morgan fingerprint density at radius 3 is 3.00 bits per heavy atom. The van der Waals surface area contributed by atoms with Crippen LogP contribution in [0.3, 0.4) is 0 Å². The van der Waals surface area contributed by atoms with E-state index >= 15 is 0 Å². The molecule has 2 N–H and O–H groups in total. The molecule has 1 aliphatic rings. The van der Waals surface area contributed by atoms with Crippen molar-refractivity contribution in [1.82, 2.24) is 10.6 Å². The van der Waals surface area contributed by atoms with Gasteiger partial charge in [0.05, 0.1) is 10.8 Å². The third kappa shape index (κ3) is 3.33. The molecule has 1 heterocycles. The summed E-state index contributed by atoms with van der Waals surface area (Å²) in [7, 11) is 0. The molecule has 0 radical (unpaired) electrons. The van der Waals surface area contributed by atoms with Gasteiger partial charge in [-0.25, -0.2) is 0 Å². The van der Waals surface area contributed by atoms with E-state index in [9.17, 15) is 14.9 Å². The Kier molecular flexibility index (Phi) is 4.68. The molecule has 1 atom stereocenters. The summed E-state index contributed by atoms with van der Waals surface area (Å²) in [6.07, 6.45) is 1.90. The van der Waals surface area contributed by atoms with E-state index in [0.717, 1.165) is 24.9 Å². The van der Waals surface area contributed by atoms with Gasteiger partial charge in [-0.2, -0.15) is 0 Å². The van der Waals surface area contributed by atoms with Gasteiger partial charge in [-0.05, 0) is 31.9 Å². The lowest BCUT2D eigenvalue weighted by molar-refractivity contribution is -0.385. The number of carbonyl (C=O) groups is 1. The first kappa shape index (κ1) is 14.5. The van der Waals surface area contributed by atoms with E-state index in [4.69, 9.17) is 0 Å². The van der Waals surface area contributed by atoms with Crippen LogP contribution < -0.4 is 10.6 Å². The zero-order valence-electron chi connectivity index (χ0n) is 11.5. The maximum atomic E-state index is 12.0. The minimum atomic E-state index is -0.397. The maximum Gasteiger partial charge on any atom is 0.272 e. The molecule has 1 aromatic rings. The molecule has 0 spiro atoms. The Bertz CT molecular complexity index is 510. The van der Waals surface area contributed by atoms with Gasteiger partial charge in [-0.15, -0.1) is 0 Å². The lowest BCUT2D eigenvalue weighted by Crippen LogP contribution is -2.40. The summed E-state index contributed by atoms with van der Waals surface area (Å²) >= 11 is 0. The van der Waals surface area contributed by atoms with E-state index in [2.05, 4.69) is 10.6 Å².